The van der Waals surface area contributed by atoms with E-state index in [-0.39, 0.29) is 6.17 Å². The lowest BCUT2D eigenvalue weighted by molar-refractivity contribution is 0.688. The molecule has 1 unspecified atom stereocenters. The third kappa shape index (κ3) is 8.92. The predicted octanol–water partition coefficient (Wildman–Crippen LogP) is 15.9. The molecule has 0 saturated heterocycles. The Balaban J connectivity index is 0.00000137. The first kappa shape index (κ1) is 44.6. The van der Waals surface area contributed by atoms with E-state index in [0.29, 0.717) is 6.54 Å². The van der Waals surface area contributed by atoms with Gasteiger partial charge in [-0.25, -0.2) is 0 Å². The summed E-state index contributed by atoms with van der Waals surface area (Å²) in [5.74, 6) is 0.774. The van der Waals surface area contributed by atoms with Crippen LogP contribution in [0, 0.1) is 0 Å². The summed E-state index contributed by atoms with van der Waals surface area (Å²) in [4.78, 5) is 14.7. The summed E-state index contributed by atoms with van der Waals surface area (Å²) < 4.78 is 4.89. The van der Waals surface area contributed by atoms with Crippen LogP contribution < -0.4 is 5.32 Å². The average Bonchev–Trinajstić information content (AvgIpc) is 3.93. The number of nitrogens with one attached hydrogen (secondary N) is 1. The van der Waals surface area contributed by atoms with Gasteiger partial charge >= 0.3 is 0 Å². The highest BCUT2D eigenvalue weighted by Gasteiger charge is 2.22. The molecule has 1 atom stereocenters. The van der Waals surface area contributed by atoms with Crippen LogP contribution >= 0.6 is 0 Å². The Morgan fingerprint density at radius 3 is 2.09 bits per heavy atom. The molecule has 334 valence electrons. The Morgan fingerprint density at radius 1 is 0.657 bits per heavy atom. The van der Waals surface area contributed by atoms with Gasteiger partial charge in [0.15, 0.2) is 0 Å². The molecule has 0 saturated carbocycles. The first-order valence-electron chi connectivity index (χ1n) is 24.2. The number of hydrogen-bond donors (Lipinski definition) is 1. The molecule has 67 heavy (non-hydrogen) atoms. The van der Waals surface area contributed by atoms with E-state index >= 15 is 0 Å². The topological polar surface area (TPSA) is 59.5 Å². The van der Waals surface area contributed by atoms with Gasteiger partial charge in [-0.2, -0.15) is 0 Å². The van der Waals surface area contributed by atoms with Crippen LogP contribution in [0.4, 0.5) is 0 Å². The summed E-state index contributed by atoms with van der Waals surface area (Å²) in [7, 11) is 0. The molecule has 5 aromatic carbocycles. The van der Waals surface area contributed by atoms with Crippen LogP contribution in [-0.4, -0.2) is 33.2 Å². The minimum Gasteiger partial charge on any atom is -0.345 e. The van der Waals surface area contributed by atoms with Gasteiger partial charge in [-0.3, -0.25) is 15.0 Å². The van der Waals surface area contributed by atoms with Crippen molar-refractivity contribution in [2.45, 2.75) is 72.4 Å². The largest absolute Gasteiger partial charge is 0.345 e. The predicted molar refractivity (Wildman–Crippen MR) is 288 cm³/mol. The molecule has 6 nitrogen and oxygen atoms in total. The quantitative estimate of drug-likeness (QED) is 0.110. The minimum absolute atomic E-state index is 0.364. The lowest BCUT2D eigenvalue weighted by Crippen LogP contribution is -2.29. The standard InChI is InChI=1S/C57H48N6.2C2H6/c1-58-56(41-21-10-4-11-22-41)61-57(60-36-39-17-6-2-7-18-39)44-23-16-26-46(33-44)63-54-32-30-43(35-49(54)51-38-59-37-50(55(51)63)40-19-8-3-9-20-40)42-29-31-53-48(34-42)47-27-14-15-28-52(47)62(53)45-24-12-5-13-25-45;2*1-2/h3-6,8,10-12,14-19,21-24,26-35,37-38,56H,1-2,7,9,13,20,25,36H2,(H,60,61);2*1-2H3. The van der Waals surface area contributed by atoms with E-state index in [0.717, 1.165) is 83.2 Å². The fraction of sp³-hybridized carbons (Fsp3) is 0.197. The molecule has 0 aliphatic heterocycles. The van der Waals surface area contributed by atoms with Gasteiger partial charge in [-0.15, -0.1) is 0 Å². The fourth-order valence-electron chi connectivity index (χ4n) is 9.67. The van der Waals surface area contributed by atoms with Gasteiger partial charge in [0.25, 0.3) is 0 Å². The van der Waals surface area contributed by atoms with Crippen molar-refractivity contribution >= 4 is 67.4 Å². The fourth-order valence-corrected chi connectivity index (χ4v) is 9.67. The maximum absolute atomic E-state index is 5.24. The summed E-state index contributed by atoms with van der Waals surface area (Å²) in [6.07, 6.45) is 30.0. The van der Waals surface area contributed by atoms with E-state index in [1.54, 1.807) is 0 Å². The number of allylic oxidation sites excluding steroid dienone is 10. The highest BCUT2D eigenvalue weighted by atomic mass is 15.1. The average molecular weight is 877 g/mol. The van der Waals surface area contributed by atoms with Crippen molar-refractivity contribution in [3.8, 4) is 16.8 Å². The van der Waals surface area contributed by atoms with E-state index in [9.17, 15) is 0 Å². The number of hydrogen-bond acceptors (Lipinski definition) is 3. The highest BCUT2D eigenvalue weighted by molar-refractivity contribution is 6.14. The Kier molecular flexibility index (Phi) is 13.8. The van der Waals surface area contributed by atoms with Gasteiger partial charge in [-0.05, 0) is 122 Å². The summed E-state index contributed by atoms with van der Waals surface area (Å²) in [6, 6.07) is 41.7. The summed E-state index contributed by atoms with van der Waals surface area (Å²) >= 11 is 0. The summed E-state index contributed by atoms with van der Waals surface area (Å²) in [6.45, 7) is 12.5. The molecule has 6 heteroatoms. The molecule has 1 N–H and O–H groups in total. The van der Waals surface area contributed by atoms with Crippen LogP contribution in [0.3, 0.4) is 0 Å². The van der Waals surface area contributed by atoms with Crippen LogP contribution in [0.15, 0.2) is 198 Å². The minimum atomic E-state index is -0.364. The number of aromatic nitrogens is 3. The maximum Gasteiger partial charge on any atom is 0.145 e. The number of pyridine rings is 1. The SMILES string of the molecule is C=NC(NC(=NCC1=CCCC=C1)c1cccc(-n2c3ccc(-c4ccc5c(c4)c4ccccc4n5C4=CC=CCC4)cc3c3cncc(C4=CC=CCC4)c32)c1)c1ccccc1.CC.CC. The molecule has 0 fully saturated rings. The summed E-state index contributed by atoms with van der Waals surface area (Å²) in [5.41, 5.74) is 15.2. The highest BCUT2D eigenvalue weighted by Crippen LogP contribution is 2.41. The zero-order valence-corrected chi connectivity index (χ0v) is 39.3. The van der Waals surface area contributed by atoms with E-state index in [2.05, 4.69) is 184 Å². The molecule has 3 aromatic heterocycles. The molecule has 8 aromatic rings. The van der Waals surface area contributed by atoms with E-state index < -0.39 is 0 Å². The Bertz CT molecular complexity index is 3310. The molecule has 11 rings (SSSR count). The number of amidine groups is 1. The Morgan fingerprint density at radius 2 is 1.37 bits per heavy atom. The molecule has 0 radical (unpaired) electrons. The smallest absolute Gasteiger partial charge is 0.145 e. The van der Waals surface area contributed by atoms with Crippen molar-refractivity contribution in [3.63, 3.8) is 0 Å². The second-order valence-corrected chi connectivity index (χ2v) is 16.6. The monoisotopic (exact) mass is 876 g/mol. The van der Waals surface area contributed by atoms with Crippen molar-refractivity contribution in [2.75, 3.05) is 6.54 Å². The van der Waals surface area contributed by atoms with Gasteiger partial charge in [0.2, 0.25) is 0 Å². The molecular weight excluding hydrogens is 817 g/mol. The second kappa shape index (κ2) is 20.7. The Labute approximate surface area is 395 Å². The van der Waals surface area contributed by atoms with Crippen LogP contribution in [-0.2, 0) is 0 Å². The van der Waals surface area contributed by atoms with Gasteiger partial charge in [0.1, 0.15) is 12.0 Å². The number of nitrogens with zero attached hydrogens (tertiary/aromatic N) is 5. The molecular formula is C61H60N6. The summed E-state index contributed by atoms with van der Waals surface area (Å²) in [5, 5.41) is 8.51. The molecule has 3 aliphatic carbocycles. The molecule has 0 amide bonds. The van der Waals surface area contributed by atoms with Gasteiger partial charge in [0, 0.05) is 56.4 Å². The number of fused-ring (bicyclic) bond motifs is 6. The van der Waals surface area contributed by atoms with Crippen LogP contribution in [0.2, 0.25) is 0 Å². The second-order valence-electron chi connectivity index (χ2n) is 16.6. The van der Waals surface area contributed by atoms with Gasteiger partial charge < -0.3 is 14.5 Å². The van der Waals surface area contributed by atoms with Crippen LogP contribution in [0.1, 0.15) is 89.1 Å². The molecule has 0 bridgehead atoms. The molecule has 0 spiro atoms. The lowest BCUT2D eigenvalue weighted by atomic mass is 9.96. The van der Waals surface area contributed by atoms with Gasteiger partial charge in [0.05, 0.1) is 28.6 Å². The van der Waals surface area contributed by atoms with Crippen molar-refractivity contribution in [2.24, 2.45) is 9.98 Å². The zero-order chi connectivity index (χ0) is 46.1. The van der Waals surface area contributed by atoms with Crippen LogP contribution in [0.25, 0.3) is 71.7 Å². The van der Waals surface area contributed by atoms with Crippen molar-refractivity contribution in [1.82, 2.24) is 19.4 Å². The number of benzene rings is 5. The van der Waals surface area contributed by atoms with Gasteiger partial charge in [-0.1, -0.05) is 149 Å². The number of para-hydroxylation sites is 1. The third-order valence-corrected chi connectivity index (χ3v) is 12.8. The van der Waals surface area contributed by atoms with Crippen molar-refractivity contribution in [3.05, 3.63) is 205 Å². The van der Waals surface area contributed by atoms with Crippen LogP contribution in [0.5, 0.6) is 0 Å². The first-order valence-corrected chi connectivity index (χ1v) is 24.2. The number of rotatable bonds is 10. The maximum atomic E-state index is 5.24. The molecule has 3 aliphatic rings. The lowest BCUT2D eigenvalue weighted by Gasteiger charge is -2.19. The van der Waals surface area contributed by atoms with E-state index in [1.165, 1.54) is 55.2 Å². The number of aliphatic imine (C=N–C) groups is 2. The third-order valence-electron chi connectivity index (χ3n) is 12.8. The Hall–Kier alpha value is -7.57. The zero-order valence-electron chi connectivity index (χ0n) is 39.3. The molecule has 3 heterocycles. The van der Waals surface area contributed by atoms with Crippen molar-refractivity contribution < 1.29 is 0 Å². The first-order chi connectivity index (χ1) is 33.2. The normalized spacial score (nSPS) is 15.0. The van der Waals surface area contributed by atoms with E-state index in [1.807, 2.05) is 52.1 Å². The van der Waals surface area contributed by atoms with Crippen molar-refractivity contribution in [1.29, 1.82) is 0 Å². The van der Waals surface area contributed by atoms with E-state index in [4.69, 9.17) is 9.98 Å².